The number of aromatic hydroxyl groups is 1. The van der Waals surface area contributed by atoms with Crippen LogP contribution in [0.15, 0.2) is 89.4 Å². The van der Waals surface area contributed by atoms with E-state index in [1.165, 1.54) is 12.1 Å². The minimum Gasteiger partial charge on any atom is -0.748 e. The number of rotatable bonds is 5. The molecular weight excluding hydrogens is 601 g/mol. The molecule has 0 saturated carbocycles. The van der Waals surface area contributed by atoms with Crippen LogP contribution in [0, 0.1) is 11.8 Å². The average Bonchev–Trinajstić information content (AvgIpc) is 3.00. The summed E-state index contributed by atoms with van der Waals surface area (Å²) in [6.07, 6.45) is 5.25. The largest absolute Gasteiger partial charge is 1.00 e. The number of aliphatic hydroxyl groups excluding tert-OH is 1. The molecule has 0 aromatic heterocycles. The minimum absolute atomic E-state index is 0. The number of aliphatic hydroxyl groups is 1. The second-order valence-electron chi connectivity index (χ2n) is 11.9. The van der Waals surface area contributed by atoms with Crippen LogP contribution < -0.4 is 45.8 Å². The fourth-order valence-corrected chi connectivity index (χ4v) is 8.20. The Labute approximate surface area is 285 Å². The van der Waals surface area contributed by atoms with Crippen LogP contribution in [0.4, 0.5) is 0 Å². The van der Waals surface area contributed by atoms with Gasteiger partial charge in [0.05, 0.1) is 15.4 Å². The van der Waals surface area contributed by atoms with E-state index in [4.69, 9.17) is 16.2 Å². The number of phenolic OH excluding ortho intramolecular Hbond substituents is 1. The Bertz CT molecular complexity index is 1740. The predicted octanol–water partition coefficient (Wildman–Crippen LogP) is 1.96. The van der Waals surface area contributed by atoms with Crippen LogP contribution in [-0.2, 0) is 10.1 Å². The molecule has 11 heteroatoms. The van der Waals surface area contributed by atoms with Crippen molar-refractivity contribution in [3.05, 3.63) is 112 Å². The number of benzene rings is 3. The van der Waals surface area contributed by atoms with Gasteiger partial charge in [-0.1, -0.05) is 61.5 Å². The van der Waals surface area contributed by atoms with Gasteiger partial charge in [0.2, 0.25) is 6.23 Å². The first-order valence-electron chi connectivity index (χ1n) is 14.8. The van der Waals surface area contributed by atoms with Gasteiger partial charge in [0, 0.05) is 11.5 Å². The molecule has 7 atom stereocenters. The number of hydrogen-bond donors (Lipinski definition) is 4. The number of guanidine groups is 1. The van der Waals surface area contributed by atoms with Crippen LogP contribution in [0.25, 0.3) is 6.08 Å². The average molecular weight is 638 g/mol. The van der Waals surface area contributed by atoms with E-state index in [1.807, 2.05) is 55.5 Å². The maximum Gasteiger partial charge on any atom is 1.00 e. The maximum atomic E-state index is 13.2. The van der Waals surface area contributed by atoms with Crippen molar-refractivity contribution in [2.45, 2.75) is 55.6 Å². The fraction of sp³-hybridized carbons (Fsp3) is 0.324. The summed E-state index contributed by atoms with van der Waals surface area (Å²) in [5.74, 6) is -0.889. The van der Waals surface area contributed by atoms with Gasteiger partial charge in [-0.05, 0) is 95.2 Å². The van der Waals surface area contributed by atoms with Gasteiger partial charge < -0.3 is 31.0 Å². The molecule has 0 fully saturated rings. The molecule has 4 heterocycles. The molecule has 3 aromatic rings. The fourth-order valence-electron chi connectivity index (χ4n) is 7.10. The Morgan fingerprint density at radius 2 is 1.76 bits per heavy atom. The number of nitrogens with zero attached hydrogens (tertiary/aromatic N) is 1. The summed E-state index contributed by atoms with van der Waals surface area (Å²) in [6.45, 7) is 1.98. The molecular formula is C34H36N3NaO6S. The third-order valence-corrected chi connectivity index (χ3v) is 10.5. The Hall–Kier alpha value is -3.12. The molecule has 230 valence electrons. The van der Waals surface area contributed by atoms with Crippen molar-refractivity contribution in [1.82, 2.24) is 0 Å². The molecule has 0 saturated heterocycles. The second-order valence-corrected chi connectivity index (χ2v) is 13.5. The van der Waals surface area contributed by atoms with Crippen molar-refractivity contribution in [3.63, 3.8) is 0 Å². The first-order chi connectivity index (χ1) is 21.0. The normalized spacial score (nSPS) is 26.0. The molecule has 9 nitrogen and oxygen atoms in total. The van der Waals surface area contributed by atoms with Gasteiger partial charge in [-0.25, -0.2) is 13.4 Å². The summed E-state index contributed by atoms with van der Waals surface area (Å²) < 4.78 is 45.8. The zero-order chi connectivity index (χ0) is 31.2. The number of nitrogens with two attached hydrogens (primary N) is 2. The van der Waals surface area contributed by atoms with Gasteiger partial charge in [-0.15, -0.1) is 0 Å². The van der Waals surface area contributed by atoms with Crippen LogP contribution in [-0.4, -0.2) is 34.4 Å². The van der Waals surface area contributed by atoms with Gasteiger partial charge in [0.1, 0.15) is 17.6 Å². The molecule has 4 aliphatic heterocycles. The molecule has 9 rings (SSSR count). The van der Waals surface area contributed by atoms with Crippen LogP contribution in [0.1, 0.15) is 78.2 Å². The SMILES string of the molecule is CC[C@@H]1C[C@@H](S(=O)(=O)[O-])[C@@H]2C=C([C@@H](O)c3ccc(O)cc3)C[C@H]3C=Cc4cc(ccc4[C@@H]23)[C@@H](N=C(N)N)Oc2ccc1cc2.[Na+]. The van der Waals surface area contributed by atoms with Crippen LogP contribution in [0.5, 0.6) is 11.5 Å². The molecule has 6 N–H and O–H groups in total. The molecule has 2 aliphatic carbocycles. The molecule has 0 radical (unpaired) electrons. The van der Waals surface area contributed by atoms with Gasteiger partial charge >= 0.3 is 29.6 Å². The van der Waals surface area contributed by atoms with Crippen molar-refractivity contribution in [1.29, 1.82) is 0 Å². The van der Waals surface area contributed by atoms with Crippen LogP contribution in [0.2, 0.25) is 0 Å². The van der Waals surface area contributed by atoms with Crippen LogP contribution >= 0.6 is 0 Å². The minimum atomic E-state index is -4.78. The Balaban J connectivity index is 0.00000400. The zero-order valence-corrected chi connectivity index (χ0v) is 28.1. The second kappa shape index (κ2) is 13.3. The molecule has 0 amide bonds. The van der Waals surface area contributed by atoms with Crippen molar-refractivity contribution in [3.8, 4) is 11.5 Å². The van der Waals surface area contributed by atoms with Crippen molar-refractivity contribution in [2.24, 2.45) is 28.3 Å². The first kappa shape index (κ1) is 33.2. The smallest absolute Gasteiger partial charge is 0.748 e. The number of ether oxygens (including phenoxy) is 1. The number of allylic oxidation sites excluding steroid dienone is 2. The van der Waals surface area contributed by atoms with E-state index in [1.54, 1.807) is 24.3 Å². The molecule has 0 unspecified atom stereocenters. The first-order valence-corrected chi connectivity index (χ1v) is 16.3. The Morgan fingerprint density at radius 3 is 2.40 bits per heavy atom. The van der Waals surface area contributed by atoms with E-state index in [9.17, 15) is 23.2 Å². The molecule has 6 aliphatic rings. The molecule has 45 heavy (non-hydrogen) atoms. The molecule has 3 aromatic carbocycles. The summed E-state index contributed by atoms with van der Waals surface area (Å²) in [6, 6.07) is 19.4. The standard InChI is InChI=1S/C34H37N3O6S.Na/c1-2-19-18-30(44(40,41)42)29-17-25(32(39)21-5-10-26(38)11-6-21)16-23-4-3-22-15-24(9-14-28(22)31(23)29)33(37-34(35)36)43-27-12-7-20(19)8-13-27;/h3-15,17,19,23,29-33,38-39H,2,16,18H2,1H3,(H4,35,36,37)(H,40,41,42);/q;+1/p-1/t19-,23-,29+,30-,31+,32+,33+;/m1./s1. The van der Waals surface area contributed by atoms with Gasteiger partial charge in [-0.2, -0.15) is 0 Å². The van der Waals surface area contributed by atoms with Gasteiger partial charge in [0.15, 0.2) is 5.96 Å². The third-order valence-electron chi connectivity index (χ3n) is 9.27. The summed E-state index contributed by atoms with van der Waals surface area (Å²) in [7, 11) is -4.78. The van der Waals surface area contributed by atoms with Gasteiger partial charge in [0.25, 0.3) is 0 Å². The van der Waals surface area contributed by atoms with E-state index in [0.717, 1.165) is 16.7 Å². The van der Waals surface area contributed by atoms with E-state index in [-0.39, 0.29) is 65.4 Å². The summed E-state index contributed by atoms with van der Waals surface area (Å²) in [5, 5.41) is 20.0. The Kier molecular flexibility index (Phi) is 9.84. The van der Waals surface area contributed by atoms with E-state index < -0.39 is 33.6 Å². The summed E-state index contributed by atoms with van der Waals surface area (Å²) >= 11 is 0. The van der Waals surface area contributed by atoms with Crippen molar-refractivity contribution >= 4 is 22.2 Å². The molecule has 6 bridgehead atoms. The van der Waals surface area contributed by atoms with E-state index >= 15 is 0 Å². The number of phenols is 1. The number of hydrogen-bond acceptors (Lipinski definition) is 7. The number of aliphatic imine (C=N–C) groups is 1. The molecule has 0 spiro atoms. The maximum absolute atomic E-state index is 13.2. The Morgan fingerprint density at radius 1 is 1.07 bits per heavy atom. The summed E-state index contributed by atoms with van der Waals surface area (Å²) in [5.41, 5.74) is 16.2. The van der Waals surface area contributed by atoms with Crippen molar-refractivity contribution in [2.75, 3.05) is 0 Å². The van der Waals surface area contributed by atoms with Crippen LogP contribution in [0.3, 0.4) is 0 Å². The van der Waals surface area contributed by atoms with E-state index in [0.29, 0.717) is 35.3 Å². The zero-order valence-electron chi connectivity index (χ0n) is 25.3. The predicted molar refractivity (Wildman–Crippen MR) is 168 cm³/mol. The monoisotopic (exact) mass is 637 g/mol. The van der Waals surface area contributed by atoms with E-state index in [2.05, 4.69) is 4.99 Å². The summed E-state index contributed by atoms with van der Waals surface area (Å²) in [4.78, 5) is 4.33. The van der Waals surface area contributed by atoms with Gasteiger partial charge in [-0.3, -0.25) is 0 Å². The quantitative estimate of drug-likeness (QED) is 0.108. The topological polar surface area (TPSA) is 171 Å². The third kappa shape index (κ3) is 6.86. The van der Waals surface area contributed by atoms with Crippen molar-refractivity contribution < 1.29 is 57.5 Å².